The zero-order valence-electron chi connectivity index (χ0n) is 10.2. The van der Waals surface area contributed by atoms with Gasteiger partial charge in [-0.1, -0.05) is 6.07 Å². The van der Waals surface area contributed by atoms with E-state index in [9.17, 15) is 4.79 Å². The summed E-state index contributed by atoms with van der Waals surface area (Å²) in [6.07, 6.45) is 4.64. The van der Waals surface area contributed by atoms with Gasteiger partial charge < -0.3 is 5.32 Å². The monoisotopic (exact) mass is 233 g/mol. The maximum absolute atomic E-state index is 12.1. The Morgan fingerprint density at radius 3 is 3.12 bits per heavy atom. The van der Waals surface area contributed by atoms with Crippen LogP contribution in [0.5, 0.6) is 0 Å². The highest BCUT2D eigenvalue weighted by atomic mass is 16.2. The average molecular weight is 233 g/mol. The molecule has 0 aliphatic carbocycles. The van der Waals surface area contributed by atoms with Gasteiger partial charge in [-0.2, -0.15) is 0 Å². The van der Waals surface area contributed by atoms with Gasteiger partial charge in [0.15, 0.2) is 0 Å². The maximum Gasteiger partial charge on any atom is 0.228 e. The van der Waals surface area contributed by atoms with Crippen molar-refractivity contribution in [1.82, 2.24) is 10.3 Å². The fourth-order valence-electron chi connectivity index (χ4n) is 2.16. The molecule has 1 aromatic heterocycles. The summed E-state index contributed by atoms with van der Waals surface area (Å²) in [5.74, 6) is 1.35. The van der Waals surface area contributed by atoms with E-state index in [1.54, 1.807) is 18.1 Å². The number of rotatable bonds is 3. The van der Waals surface area contributed by atoms with Crippen LogP contribution in [0.4, 0.5) is 5.82 Å². The Balaban J connectivity index is 1.91. The molecule has 4 nitrogen and oxygen atoms in total. The van der Waals surface area contributed by atoms with Crippen molar-refractivity contribution < 1.29 is 4.79 Å². The SMILES string of the molecule is CN(C(=O)CC1CCCNC1)c1ccccn1. The fraction of sp³-hybridized carbons (Fsp3) is 0.538. The molecule has 0 radical (unpaired) electrons. The molecule has 1 aliphatic rings. The lowest BCUT2D eigenvalue weighted by Gasteiger charge is -2.24. The van der Waals surface area contributed by atoms with Gasteiger partial charge >= 0.3 is 0 Å². The largest absolute Gasteiger partial charge is 0.316 e. The van der Waals surface area contributed by atoms with Crippen LogP contribution in [-0.4, -0.2) is 31.0 Å². The van der Waals surface area contributed by atoms with Gasteiger partial charge in [-0.25, -0.2) is 4.98 Å². The van der Waals surface area contributed by atoms with Gasteiger partial charge in [-0.05, 0) is 44.0 Å². The Kier molecular flexibility index (Phi) is 4.09. The third-order valence-electron chi connectivity index (χ3n) is 3.23. The number of anilines is 1. The Labute approximate surface area is 102 Å². The van der Waals surface area contributed by atoms with Crippen molar-refractivity contribution in [3.8, 4) is 0 Å². The van der Waals surface area contributed by atoms with Crippen molar-refractivity contribution in [3.63, 3.8) is 0 Å². The molecule has 2 rings (SSSR count). The lowest BCUT2D eigenvalue weighted by atomic mass is 9.96. The van der Waals surface area contributed by atoms with Crippen LogP contribution in [0, 0.1) is 5.92 Å². The third kappa shape index (κ3) is 3.27. The summed E-state index contributed by atoms with van der Waals surface area (Å²) in [6, 6.07) is 5.61. The van der Waals surface area contributed by atoms with Crippen molar-refractivity contribution in [3.05, 3.63) is 24.4 Å². The molecule has 4 heteroatoms. The summed E-state index contributed by atoms with van der Waals surface area (Å²) in [6.45, 7) is 2.04. The zero-order valence-corrected chi connectivity index (χ0v) is 10.2. The molecule has 17 heavy (non-hydrogen) atoms. The van der Waals surface area contributed by atoms with E-state index in [0.717, 1.165) is 25.3 Å². The van der Waals surface area contributed by atoms with Crippen LogP contribution in [0.2, 0.25) is 0 Å². The second-order valence-electron chi connectivity index (χ2n) is 4.56. The summed E-state index contributed by atoms with van der Waals surface area (Å²) >= 11 is 0. The van der Waals surface area contributed by atoms with Crippen LogP contribution in [0.1, 0.15) is 19.3 Å². The van der Waals surface area contributed by atoms with Crippen molar-refractivity contribution in [2.75, 3.05) is 25.0 Å². The third-order valence-corrected chi connectivity index (χ3v) is 3.23. The zero-order chi connectivity index (χ0) is 12.1. The summed E-state index contributed by atoms with van der Waals surface area (Å²) < 4.78 is 0. The number of hydrogen-bond donors (Lipinski definition) is 1. The highest BCUT2D eigenvalue weighted by Gasteiger charge is 2.19. The van der Waals surface area contributed by atoms with Gasteiger partial charge in [0.2, 0.25) is 5.91 Å². The first-order chi connectivity index (χ1) is 8.27. The Morgan fingerprint density at radius 1 is 1.59 bits per heavy atom. The topological polar surface area (TPSA) is 45.2 Å². The average Bonchev–Trinajstić information content (AvgIpc) is 2.40. The smallest absolute Gasteiger partial charge is 0.228 e. The van der Waals surface area contributed by atoms with Crippen molar-refractivity contribution in [2.45, 2.75) is 19.3 Å². The van der Waals surface area contributed by atoms with Gasteiger partial charge in [0.1, 0.15) is 5.82 Å². The number of pyridine rings is 1. The lowest BCUT2D eigenvalue weighted by molar-refractivity contribution is -0.119. The minimum Gasteiger partial charge on any atom is -0.316 e. The molecule has 0 bridgehead atoms. The summed E-state index contributed by atoms with van der Waals surface area (Å²) in [5, 5.41) is 3.33. The maximum atomic E-state index is 12.1. The van der Waals surface area contributed by atoms with E-state index in [1.165, 1.54) is 6.42 Å². The minimum absolute atomic E-state index is 0.150. The summed E-state index contributed by atoms with van der Waals surface area (Å²) in [4.78, 5) is 17.9. The fourth-order valence-corrected chi connectivity index (χ4v) is 2.16. The first-order valence-corrected chi connectivity index (χ1v) is 6.15. The molecule has 2 heterocycles. The Morgan fingerprint density at radius 2 is 2.47 bits per heavy atom. The van der Waals surface area contributed by atoms with E-state index in [0.29, 0.717) is 12.3 Å². The molecule has 0 saturated carbocycles. The number of piperidine rings is 1. The molecule has 1 atom stereocenters. The summed E-state index contributed by atoms with van der Waals surface area (Å²) in [7, 11) is 1.79. The molecule has 1 N–H and O–H groups in total. The lowest BCUT2D eigenvalue weighted by Crippen LogP contribution is -2.35. The molecular weight excluding hydrogens is 214 g/mol. The van der Waals surface area contributed by atoms with Gasteiger partial charge in [0, 0.05) is 19.7 Å². The van der Waals surface area contributed by atoms with Crippen molar-refractivity contribution in [2.24, 2.45) is 5.92 Å². The second-order valence-corrected chi connectivity index (χ2v) is 4.56. The van der Waals surface area contributed by atoms with Gasteiger partial charge in [-0.3, -0.25) is 9.69 Å². The minimum atomic E-state index is 0.150. The van der Waals surface area contributed by atoms with Crippen molar-refractivity contribution in [1.29, 1.82) is 0 Å². The first kappa shape index (κ1) is 12.0. The van der Waals surface area contributed by atoms with E-state index >= 15 is 0 Å². The summed E-state index contributed by atoms with van der Waals surface area (Å²) in [5.41, 5.74) is 0. The number of nitrogens with zero attached hydrogens (tertiary/aromatic N) is 2. The van der Waals surface area contributed by atoms with Gasteiger partial charge in [0.25, 0.3) is 0 Å². The van der Waals surface area contributed by atoms with Crippen molar-refractivity contribution >= 4 is 11.7 Å². The molecule has 1 fully saturated rings. The molecule has 1 unspecified atom stereocenters. The molecule has 1 aromatic rings. The standard InChI is InChI=1S/C13H19N3O/c1-16(12-6-2-3-8-15-12)13(17)9-11-5-4-7-14-10-11/h2-3,6,8,11,14H,4-5,7,9-10H2,1H3. The molecule has 0 spiro atoms. The van der Waals surface area contributed by atoms with Crippen LogP contribution < -0.4 is 10.2 Å². The first-order valence-electron chi connectivity index (χ1n) is 6.15. The highest BCUT2D eigenvalue weighted by molar-refractivity contribution is 5.91. The van der Waals surface area contributed by atoms with Crippen LogP contribution in [0.25, 0.3) is 0 Å². The van der Waals surface area contributed by atoms with E-state index in [4.69, 9.17) is 0 Å². The number of aromatic nitrogens is 1. The second kappa shape index (κ2) is 5.77. The predicted molar refractivity (Wildman–Crippen MR) is 67.9 cm³/mol. The van der Waals surface area contributed by atoms with Crippen LogP contribution in [-0.2, 0) is 4.79 Å². The number of carbonyl (C=O) groups excluding carboxylic acids is 1. The van der Waals surface area contributed by atoms with E-state index in [1.807, 2.05) is 18.2 Å². The molecule has 1 aliphatic heterocycles. The quantitative estimate of drug-likeness (QED) is 0.859. The van der Waals surface area contributed by atoms with Crippen LogP contribution in [0.15, 0.2) is 24.4 Å². The molecule has 92 valence electrons. The van der Waals surface area contributed by atoms with Crippen LogP contribution >= 0.6 is 0 Å². The van der Waals surface area contributed by atoms with Gasteiger partial charge in [-0.15, -0.1) is 0 Å². The Bertz CT molecular complexity index is 360. The normalized spacial score (nSPS) is 19.9. The molecule has 1 amide bonds. The van der Waals surface area contributed by atoms with Crippen LogP contribution in [0.3, 0.4) is 0 Å². The van der Waals surface area contributed by atoms with E-state index in [-0.39, 0.29) is 5.91 Å². The molecule has 1 saturated heterocycles. The van der Waals surface area contributed by atoms with Gasteiger partial charge in [0.05, 0.1) is 0 Å². The highest BCUT2D eigenvalue weighted by Crippen LogP contribution is 2.17. The Hall–Kier alpha value is -1.42. The number of nitrogens with one attached hydrogen (secondary N) is 1. The van der Waals surface area contributed by atoms with E-state index in [2.05, 4.69) is 10.3 Å². The number of carbonyl (C=O) groups is 1. The number of hydrogen-bond acceptors (Lipinski definition) is 3. The molecular formula is C13H19N3O. The predicted octanol–water partition coefficient (Wildman–Crippen LogP) is 1.43. The molecule has 0 aromatic carbocycles. The number of amides is 1. The van der Waals surface area contributed by atoms with E-state index < -0.39 is 0 Å².